The first-order chi connectivity index (χ1) is 21.8. The van der Waals surface area contributed by atoms with E-state index in [1.54, 1.807) is 6.20 Å². The van der Waals surface area contributed by atoms with E-state index in [1.807, 2.05) is 91.3 Å². The molecule has 0 unspecified atom stereocenters. The summed E-state index contributed by atoms with van der Waals surface area (Å²) in [6.07, 6.45) is 5.53. The van der Waals surface area contributed by atoms with Crippen LogP contribution in [0.1, 0.15) is 0 Å². The molecule has 0 aliphatic carbocycles. The predicted molar refractivity (Wildman–Crippen MR) is 178 cm³/mol. The average Bonchev–Trinajstić information content (AvgIpc) is 3.12. The second kappa shape index (κ2) is 11.0. The fourth-order valence-electron chi connectivity index (χ4n) is 5.58. The fraction of sp³-hybridized carbons (Fsp3) is 0. The third kappa shape index (κ3) is 4.86. The van der Waals surface area contributed by atoms with E-state index in [0.29, 0.717) is 17.5 Å². The second-order valence-electron chi connectivity index (χ2n) is 10.6. The number of hydrogen-bond acceptors (Lipinski definition) is 5. The minimum absolute atomic E-state index is 0.650. The lowest BCUT2D eigenvalue weighted by Gasteiger charge is -2.11. The Morgan fingerprint density at radius 1 is 0.364 bits per heavy atom. The monoisotopic (exact) mass is 563 g/mol. The van der Waals surface area contributed by atoms with Crippen LogP contribution in [0.15, 0.2) is 152 Å². The number of rotatable bonds is 5. The molecule has 0 bridgehead atoms. The average molecular weight is 564 g/mol. The normalized spacial score (nSPS) is 11.2. The van der Waals surface area contributed by atoms with E-state index in [1.165, 1.54) is 16.2 Å². The standard InChI is InChI=1S/C39H25N5/c1-3-8-26(9-4-1)37-42-38(27-10-5-2-6-11-27)44-39(43-37)31-16-19-35-30(23-31)14-13-29-22-28(15-18-34(29)35)32-17-20-36(41-25-32)33-12-7-21-40-24-33/h1-25H. The van der Waals surface area contributed by atoms with Gasteiger partial charge in [-0.1, -0.05) is 103 Å². The van der Waals surface area contributed by atoms with Crippen LogP contribution in [0.2, 0.25) is 0 Å². The van der Waals surface area contributed by atoms with E-state index in [-0.39, 0.29) is 0 Å². The summed E-state index contributed by atoms with van der Waals surface area (Å²) in [6, 6.07) is 45.6. The van der Waals surface area contributed by atoms with Crippen molar-refractivity contribution in [3.8, 4) is 56.5 Å². The molecule has 5 nitrogen and oxygen atoms in total. The first-order valence-corrected chi connectivity index (χ1v) is 14.5. The van der Waals surface area contributed by atoms with Crippen LogP contribution in [-0.4, -0.2) is 24.9 Å². The summed E-state index contributed by atoms with van der Waals surface area (Å²) in [4.78, 5) is 23.5. The van der Waals surface area contributed by atoms with Crippen molar-refractivity contribution in [3.63, 3.8) is 0 Å². The second-order valence-corrected chi connectivity index (χ2v) is 10.6. The van der Waals surface area contributed by atoms with Gasteiger partial charge < -0.3 is 0 Å². The van der Waals surface area contributed by atoms with Crippen LogP contribution in [0.3, 0.4) is 0 Å². The smallest absolute Gasteiger partial charge is 0.164 e. The summed E-state index contributed by atoms with van der Waals surface area (Å²) in [5, 5.41) is 4.69. The number of aromatic nitrogens is 5. The largest absolute Gasteiger partial charge is 0.264 e. The van der Waals surface area contributed by atoms with Crippen LogP contribution in [0.5, 0.6) is 0 Å². The Balaban J connectivity index is 1.17. The van der Waals surface area contributed by atoms with Gasteiger partial charge in [0.25, 0.3) is 0 Å². The minimum atomic E-state index is 0.650. The lowest BCUT2D eigenvalue weighted by Crippen LogP contribution is -2.00. The molecule has 0 aliphatic rings. The molecular formula is C39H25N5. The van der Waals surface area contributed by atoms with Crippen molar-refractivity contribution in [3.05, 3.63) is 152 Å². The third-order valence-electron chi connectivity index (χ3n) is 7.85. The zero-order valence-corrected chi connectivity index (χ0v) is 23.7. The maximum Gasteiger partial charge on any atom is 0.164 e. The predicted octanol–water partition coefficient (Wildman–Crippen LogP) is 9.30. The Labute approximate surface area is 254 Å². The van der Waals surface area contributed by atoms with Crippen molar-refractivity contribution in [2.45, 2.75) is 0 Å². The summed E-state index contributed by atoms with van der Waals surface area (Å²) in [6.45, 7) is 0. The van der Waals surface area contributed by atoms with Crippen molar-refractivity contribution in [1.29, 1.82) is 0 Å². The molecule has 0 aliphatic heterocycles. The van der Waals surface area contributed by atoms with E-state index in [0.717, 1.165) is 44.5 Å². The number of fused-ring (bicyclic) bond motifs is 3. The van der Waals surface area contributed by atoms with Crippen LogP contribution in [0.25, 0.3) is 78.1 Å². The van der Waals surface area contributed by atoms with E-state index in [4.69, 9.17) is 15.0 Å². The fourth-order valence-corrected chi connectivity index (χ4v) is 5.58. The van der Waals surface area contributed by atoms with Gasteiger partial charge in [0, 0.05) is 46.4 Å². The minimum Gasteiger partial charge on any atom is -0.264 e. The SMILES string of the molecule is c1ccc(-c2nc(-c3ccccc3)nc(-c3ccc4c(ccc5cc(-c6ccc(-c7cccnc7)nc6)ccc54)c3)n2)cc1. The van der Waals surface area contributed by atoms with Crippen molar-refractivity contribution >= 4 is 21.5 Å². The highest BCUT2D eigenvalue weighted by Crippen LogP contribution is 2.33. The van der Waals surface area contributed by atoms with Crippen molar-refractivity contribution in [2.24, 2.45) is 0 Å². The van der Waals surface area contributed by atoms with E-state index >= 15 is 0 Å². The zero-order valence-electron chi connectivity index (χ0n) is 23.7. The highest BCUT2D eigenvalue weighted by Gasteiger charge is 2.13. The molecule has 0 atom stereocenters. The van der Waals surface area contributed by atoms with E-state index in [9.17, 15) is 0 Å². The van der Waals surface area contributed by atoms with Crippen molar-refractivity contribution < 1.29 is 0 Å². The molecule has 0 saturated heterocycles. The highest BCUT2D eigenvalue weighted by molar-refractivity contribution is 6.09. The van der Waals surface area contributed by atoms with Gasteiger partial charge in [0.2, 0.25) is 0 Å². The van der Waals surface area contributed by atoms with Gasteiger partial charge in [-0.3, -0.25) is 9.97 Å². The number of nitrogens with zero attached hydrogens (tertiary/aromatic N) is 5. The summed E-state index contributed by atoms with van der Waals surface area (Å²) < 4.78 is 0. The van der Waals surface area contributed by atoms with Crippen LogP contribution in [0.4, 0.5) is 0 Å². The third-order valence-corrected chi connectivity index (χ3v) is 7.85. The number of hydrogen-bond donors (Lipinski definition) is 0. The molecule has 5 heteroatoms. The van der Waals surface area contributed by atoms with Gasteiger partial charge in [0.05, 0.1) is 5.69 Å². The maximum atomic E-state index is 4.91. The Morgan fingerprint density at radius 2 is 0.909 bits per heavy atom. The summed E-state index contributed by atoms with van der Waals surface area (Å²) >= 11 is 0. The molecule has 5 aromatic carbocycles. The highest BCUT2D eigenvalue weighted by atomic mass is 15.0. The molecule has 206 valence electrons. The van der Waals surface area contributed by atoms with Gasteiger partial charge in [-0.25, -0.2) is 15.0 Å². The van der Waals surface area contributed by atoms with Crippen LogP contribution < -0.4 is 0 Å². The Morgan fingerprint density at radius 3 is 1.48 bits per heavy atom. The van der Waals surface area contributed by atoms with Gasteiger partial charge in [-0.2, -0.15) is 0 Å². The first-order valence-electron chi connectivity index (χ1n) is 14.5. The molecule has 8 aromatic rings. The summed E-state index contributed by atoms with van der Waals surface area (Å²) in [5.41, 5.74) is 6.99. The quantitative estimate of drug-likeness (QED) is 0.195. The van der Waals surface area contributed by atoms with E-state index in [2.05, 4.69) is 64.6 Å². The topological polar surface area (TPSA) is 64.5 Å². The Bertz CT molecular complexity index is 2190. The number of pyridine rings is 2. The van der Waals surface area contributed by atoms with Crippen molar-refractivity contribution in [2.75, 3.05) is 0 Å². The lowest BCUT2D eigenvalue weighted by molar-refractivity contribution is 1.07. The lowest BCUT2D eigenvalue weighted by atomic mass is 9.96. The van der Waals surface area contributed by atoms with Gasteiger partial charge in [0.15, 0.2) is 17.5 Å². The molecule has 0 radical (unpaired) electrons. The van der Waals surface area contributed by atoms with Gasteiger partial charge >= 0.3 is 0 Å². The first kappa shape index (κ1) is 25.6. The van der Waals surface area contributed by atoms with Gasteiger partial charge in [-0.05, 0) is 57.4 Å². The Kier molecular flexibility index (Phi) is 6.39. The molecule has 0 N–H and O–H groups in total. The van der Waals surface area contributed by atoms with Gasteiger partial charge in [0.1, 0.15) is 0 Å². The molecule has 3 aromatic heterocycles. The van der Waals surface area contributed by atoms with Gasteiger partial charge in [-0.15, -0.1) is 0 Å². The van der Waals surface area contributed by atoms with E-state index < -0.39 is 0 Å². The summed E-state index contributed by atoms with van der Waals surface area (Å²) in [5.74, 6) is 1.96. The zero-order chi connectivity index (χ0) is 29.3. The Hall–Kier alpha value is -6.07. The molecule has 44 heavy (non-hydrogen) atoms. The van der Waals surface area contributed by atoms with Crippen molar-refractivity contribution in [1.82, 2.24) is 24.9 Å². The molecule has 0 amide bonds. The molecule has 0 fully saturated rings. The molecule has 8 rings (SSSR count). The molecule has 3 heterocycles. The molecule has 0 spiro atoms. The maximum absolute atomic E-state index is 4.91. The number of benzene rings is 5. The summed E-state index contributed by atoms with van der Waals surface area (Å²) in [7, 11) is 0. The van der Waals surface area contributed by atoms with Crippen LogP contribution in [-0.2, 0) is 0 Å². The molecule has 0 saturated carbocycles. The molecular weight excluding hydrogens is 538 g/mol. The van der Waals surface area contributed by atoms with Crippen LogP contribution >= 0.6 is 0 Å². The van der Waals surface area contributed by atoms with Crippen LogP contribution in [0, 0.1) is 0 Å².